The van der Waals surface area contributed by atoms with Crippen molar-refractivity contribution >= 4 is 0 Å². The fourth-order valence-corrected chi connectivity index (χ4v) is 5.67. The third-order valence-corrected chi connectivity index (χ3v) is 6.82. The standard InChI is InChI=1S/C21H32N2O2/c24-20-7-6-19(22-13-20)8-9-23-14-17-11-21(25,12-18(17)15-23)10-16-4-2-1-3-5-16/h6-7,13,16-18,24-25H,1-5,8-12,14-15H2/t17-,18+,21-. The summed E-state index contributed by atoms with van der Waals surface area (Å²) in [6.07, 6.45) is 12.4. The maximum Gasteiger partial charge on any atom is 0.133 e. The van der Waals surface area contributed by atoms with Crippen molar-refractivity contribution in [3.63, 3.8) is 0 Å². The normalized spacial score (nSPS) is 33.6. The van der Waals surface area contributed by atoms with Crippen LogP contribution in [0.2, 0.25) is 0 Å². The molecule has 4 nitrogen and oxygen atoms in total. The van der Waals surface area contributed by atoms with Gasteiger partial charge in [-0.3, -0.25) is 4.98 Å². The van der Waals surface area contributed by atoms with Gasteiger partial charge in [0.05, 0.1) is 11.8 Å². The van der Waals surface area contributed by atoms with Crippen LogP contribution in [0.1, 0.15) is 57.1 Å². The molecule has 25 heavy (non-hydrogen) atoms. The summed E-state index contributed by atoms with van der Waals surface area (Å²) in [6, 6.07) is 3.63. The van der Waals surface area contributed by atoms with E-state index in [2.05, 4.69) is 9.88 Å². The molecule has 3 aliphatic rings. The van der Waals surface area contributed by atoms with Crippen LogP contribution in [0.4, 0.5) is 0 Å². The molecule has 0 radical (unpaired) electrons. The lowest BCUT2D eigenvalue weighted by molar-refractivity contribution is 0.00606. The molecule has 0 unspecified atom stereocenters. The summed E-state index contributed by atoms with van der Waals surface area (Å²) < 4.78 is 0. The van der Waals surface area contributed by atoms with Gasteiger partial charge in [0.15, 0.2) is 0 Å². The Morgan fingerprint density at radius 3 is 2.44 bits per heavy atom. The Morgan fingerprint density at radius 2 is 1.80 bits per heavy atom. The summed E-state index contributed by atoms with van der Waals surface area (Å²) in [6.45, 7) is 3.30. The van der Waals surface area contributed by atoms with Crippen LogP contribution in [0.5, 0.6) is 5.75 Å². The van der Waals surface area contributed by atoms with E-state index in [0.717, 1.165) is 56.9 Å². The first kappa shape index (κ1) is 17.3. The maximum absolute atomic E-state index is 11.1. The molecule has 3 atom stereocenters. The predicted molar refractivity (Wildman–Crippen MR) is 98.4 cm³/mol. The number of pyridine rings is 1. The lowest BCUT2D eigenvalue weighted by atomic mass is 9.79. The molecule has 1 saturated heterocycles. The molecule has 2 heterocycles. The molecular formula is C21H32N2O2. The van der Waals surface area contributed by atoms with Gasteiger partial charge >= 0.3 is 0 Å². The highest BCUT2D eigenvalue weighted by Gasteiger charge is 2.48. The maximum atomic E-state index is 11.1. The Balaban J connectivity index is 1.25. The number of rotatable bonds is 5. The highest BCUT2D eigenvalue weighted by molar-refractivity contribution is 5.18. The van der Waals surface area contributed by atoms with Crippen molar-refractivity contribution in [3.8, 4) is 5.75 Å². The van der Waals surface area contributed by atoms with Crippen LogP contribution in [-0.4, -0.2) is 45.3 Å². The Labute approximate surface area is 151 Å². The number of aromatic hydroxyl groups is 1. The van der Waals surface area contributed by atoms with E-state index >= 15 is 0 Å². The zero-order valence-electron chi connectivity index (χ0n) is 15.2. The van der Waals surface area contributed by atoms with Crippen molar-refractivity contribution in [2.45, 2.75) is 63.4 Å². The van der Waals surface area contributed by atoms with Crippen LogP contribution in [0.25, 0.3) is 0 Å². The van der Waals surface area contributed by atoms with E-state index in [9.17, 15) is 10.2 Å². The van der Waals surface area contributed by atoms with Crippen LogP contribution < -0.4 is 0 Å². The Morgan fingerprint density at radius 1 is 1.08 bits per heavy atom. The van der Waals surface area contributed by atoms with Crippen molar-refractivity contribution in [1.82, 2.24) is 9.88 Å². The average Bonchev–Trinajstić information content (AvgIpc) is 3.09. The van der Waals surface area contributed by atoms with Crippen molar-refractivity contribution in [2.24, 2.45) is 17.8 Å². The second-order valence-electron chi connectivity index (χ2n) is 8.88. The lowest BCUT2D eigenvalue weighted by Crippen LogP contribution is -2.33. The lowest BCUT2D eigenvalue weighted by Gasteiger charge is -2.32. The van der Waals surface area contributed by atoms with Crippen LogP contribution in [0.15, 0.2) is 18.3 Å². The van der Waals surface area contributed by atoms with Gasteiger partial charge in [-0.25, -0.2) is 0 Å². The monoisotopic (exact) mass is 344 g/mol. The molecule has 3 fully saturated rings. The SMILES string of the molecule is Oc1ccc(CCN2C[C@@H]3C[C@@](O)(CC4CCCCC4)C[C@@H]3C2)nc1. The fraction of sp³-hybridized carbons (Fsp3) is 0.762. The number of nitrogens with zero attached hydrogens (tertiary/aromatic N) is 2. The van der Waals surface area contributed by atoms with Crippen molar-refractivity contribution in [3.05, 3.63) is 24.0 Å². The van der Waals surface area contributed by atoms with E-state index in [4.69, 9.17) is 0 Å². The molecule has 2 aliphatic carbocycles. The van der Waals surface area contributed by atoms with Gasteiger partial charge in [-0.2, -0.15) is 0 Å². The largest absolute Gasteiger partial charge is 0.506 e. The van der Waals surface area contributed by atoms with Gasteiger partial charge in [0, 0.05) is 31.7 Å². The van der Waals surface area contributed by atoms with E-state index in [1.165, 1.54) is 38.3 Å². The van der Waals surface area contributed by atoms with Gasteiger partial charge in [-0.05, 0) is 49.1 Å². The zero-order chi connectivity index (χ0) is 17.3. The van der Waals surface area contributed by atoms with Gasteiger partial charge in [0.25, 0.3) is 0 Å². The smallest absolute Gasteiger partial charge is 0.133 e. The summed E-state index contributed by atoms with van der Waals surface area (Å²) in [7, 11) is 0. The third-order valence-electron chi connectivity index (χ3n) is 6.82. The van der Waals surface area contributed by atoms with Crippen molar-refractivity contribution in [2.75, 3.05) is 19.6 Å². The number of fused-ring (bicyclic) bond motifs is 1. The van der Waals surface area contributed by atoms with Gasteiger partial charge in [-0.1, -0.05) is 32.1 Å². The third kappa shape index (κ3) is 4.17. The summed E-state index contributed by atoms with van der Waals surface area (Å²) >= 11 is 0. The van der Waals surface area contributed by atoms with Gasteiger partial charge in [0.1, 0.15) is 5.75 Å². The second-order valence-corrected chi connectivity index (χ2v) is 8.88. The second kappa shape index (κ2) is 7.24. The van der Waals surface area contributed by atoms with Crippen molar-refractivity contribution < 1.29 is 10.2 Å². The molecule has 4 rings (SSSR count). The van der Waals surface area contributed by atoms with Crippen LogP contribution in [0, 0.1) is 17.8 Å². The molecule has 2 saturated carbocycles. The minimum absolute atomic E-state index is 0.233. The van der Waals surface area contributed by atoms with Gasteiger partial charge in [0.2, 0.25) is 0 Å². The molecule has 4 heteroatoms. The van der Waals surface area contributed by atoms with E-state index in [0.29, 0.717) is 11.8 Å². The molecule has 0 aromatic carbocycles. The number of aliphatic hydroxyl groups is 1. The van der Waals surface area contributed by atoms with Gasteiger partial charge in [-0.15, -0.1) is 0 Å². The summed E-state index contributed by atoms with van der Waals surface area (Å²) in [5.41, 5.74) is 0.672. The number of aromatic nitrogens is 1. The van der Waals surface area contributed by atoms with Crippen LogP contribution in [0.3, 0.4) is 0 Å². The molecule has 0 amide bonds. The molecule has 1 aliphatic heterocycles. The first-order valence-corrected chi connectivity index (χ1v) is 10.2. The first-order valence-electron chi connectivity index (χ1n) is 10.2. The highest BCUT2D eigenvalue weighted by Crippen LogP contribution is 2.47. The van der Waals surface area contributed by atoms with E-state index in [1.54, 1.807) is 6.07 Å². The zero-order valence-corrected chi connectivity index (χ0v) is 15.2. The summed E-state index contributed by atoms with van der Waals surface area (Å²) in [5, 5.41) is 20.4. The van der Waals surface area contributed by atoms with E-state index in [1.807, 2.05) is 6.07 Å². The Bertz CT molecular complexity index is 554. The molecule has 1 aromatic heterocycles. The topological polar surface area (TPSA) is 56.6 Å². The van der Waals surface area contributed by atoms with Crippen LogP contribution >= 0.6 is 0 Å². The molecular weight excluding hydrogens is 312 g/mol. The molecule has 0 spiro atoms. The van der Waals surface area contributed by atoms with E-state index < -0.39 is 0 Å². The summed E-state index contributed by atoms with van der Waals surface area (Å²) in [4.78, 5) is 6.83. The minimum Gasteiger partial charge on any atom is -0.506 e. The number of hydrogen-bond acceptors (Lipinski definition) is 4. The summed E-state index contributed by atoms with van der Waals surface area (Å²) in [5.74, 6) is 2.37. The molecule has 1 aromatic rings. The average molecular weight is 344 g/mol. The number of likely N-dealkylation sites (tertiary alicyclic amines) is 1. The highest BCUT2D eigenvalue weighted by atomic mass is 16.3. The quantitative estimate of drug-likeness (QED) is 0.860. The van der Waals surface area contributed by atoms with Crippen LogP contribution in [-0.2, 0) is 6.42 Å². The molecule has 2 N–H and O–H groups in total. The van der Waals surface area contributed by atoms with Gasteiger partial charge < -0.3 is 15.1 Å². The van der Waals surface area contributed by atoms with E-state index in [-0.39, 0.29) is 11.4 Å². The van der Waals surface area contributed by atoms with Crippen molar-refractivity contribution in [1.29, 1.82) is 0 Å². The number of hydrogen-bond donors (Lipinski definition) is 2. The Hall–Kier alpha value is -1.13. The fourth-order valence-electron chi connectivity index (χ4n) is 5.67. The first-order chi connectivity index (χ1) is 12.1. The molecule has 138 valence electrons. The minimum atomic E-state index is -0.373. The molecule has 0 bridgehead atoms. The Kier molecular flexibility index (Phi) is 5.01. The predicted octanol–water partition coefficient (Wildman–Crippen LogP) is 3.37.